The van der Waals surface area contributed by atoms with Gasteiger partial charge in [0.2, 0.25) is 5.91 Å². The van der Waals surface area contributed by atoms with Crippen LogP contribution >= 0.6 is 0 Å². The van der Waals surface area contributed by atoms with E-state index in [-0.39, 0.29) is 48.1 Å². The van der Waals surface area contributed by atoms with E-state index in [1.165, 1.54) is 13.2 Å². The van der Waals surface area contributed by atoms with E-state index in [4.69, 9.17) is 9.47 Å². The first-order valence-corrected chi connectivity index (χ1v) is 11.0. The van der Waals surface area contributed by atoms with Gasteiger partial charge in [-0.05, 0) is 51.2 Å². The molecule has 1 aromatic carbocycles. The number of rotatable bonds is 9. The molecule has 0 spiro atoms. The second-order valence-corrected chi connectivity index (χ2v) is 8.43. The number of carbonyl (C=O) groups is 3. The van der Waals surface area contributed by atoms with E-state index in [0.29, 0.717) is 29.8 Å². The Morgan fingerprint density at radius 1 is 1.30 bits per heavy atom. The second-order valence-electron chi connectivity index (χ2n) is 8.43. The van der Waals surface area contributed by atoms with Crippen molar-refractivity contribution in [2.24, 2.45) is 0 Å². The maximum absolute atomic E-state index is 12.4. The number of phenolic OH excluding ortho intramolecular Hbond substituents is 1. The van der Waals surface area contributed by atoms with Gasteiger partial charge in [0.15, 0.2) is 12.1 Å². The van der Waals surface area contributed by atoms with Gasteiger partial charge in [0, 0.05) is 36.2 Å². The number of aldehydes is 1. The van der Waals surface area contributed by atoms with Gasteiger partial charge in [0.25, 0.3) is 0 Å². The number of phenols is 1. The van der Waals surface area contributed by atoms with E-state index in [0.717, 1.165) is 18.5 Å². The number of hydrogen-bond acceptors (Lipinski definition) is 7. The van der Waals surface area contributed by atoms with Crippen LogP contribution in [-0.2, 0) is 16.0 Å². The number of ether oxygens (including phenoxy) is 2. The van der Waals surface area contributed by atoms with Crippen molar-refractivity contribution in [1.29, 1.82) is 0 Å². The third kappa shape index (κ3) is 6.47. The predicted octanol–water partition coefficient (Wildman–Crippen LogP) is 3.28. The van der Waals surface area contributed by atoms with E-state index >= 15 is 0 Å². The first-order valence-electron chi connectivity index (χ1n) is 11.0. The Labute approximate surface area is 192 Å². The molecular weight excluding hydrogens is 428 g/mol. The van der Waals surface area contributed by atoms with E-state index < -0.39 is 6.09 Å². The minimum atomic E-state index is -0.407. The summed E-state index contributed by atoms with van der Waals surface area (Å²) in [5.74, 6) is 0.518. The molecule has 2 aromatic rings. The number of H-pyrrole nitrogens is 1. The highest BCUT2D eigenvalue weighted by Gasteiger charge is 2.30. The van der Waals surface area contributed by atoms with Crippen LogP contribution in [0.1, 0.15) is 67.1 Å². The van der Waals surface area contributed by atoms with Crippen LogP contribution in [0.15, 0.2) is 18.2 Å². The number of methoxy groups -OCH3 is 1. The molecule has 1 heterocycles. The summed E-state index contributed by atoms with van der Waals surface area (Å²) in [6, 6.07) is 4.79. The molecule has 0 radical (unpaired) electrons. The second kappa shape index (κ2) is 10.8. The van der Waals surface area contributed by atoms with Gasteiger partial charge in [-0.15, -0.1) is 0 Å². The molecule has 1 aliphatic carbocycles. The number of amides is 2. The average Bonchev–Trinajstić information content (AvgIpc) is 3.40. The molecular formula is C23H30N4O6. The molecule has 1 fully saturated rings. The van der Waals surface area contributed by atoms with Gasteiger partial charge >= 0.3 is 6.09 Å². The highest BCUT2D eigenvalue weighted by Crippen LogP contribution is 2.36. The Hall–Kier alpha value is -3.56. The van der Waals surface area contributed by atoms with E-state index in [2.05, 4.69) is 20.8 Å². The fraction of sp³-hybridized carbons (Fsp3) is 0.478. The van der Waals surface area contributed by atoms with Crippen molar-refractivity contribution in [3.63, 3.8) is 0 Å². The topological polar surface area (TPSA) is 143 Å². The Morgan fingerprint density at radius 2 is 2.09 bits per heavy atom. The van der Waals surface area contributed by atoms with Crippen LogP contribution in [0.5, 0.6) is 11.5 Å². The molecule has 1 aliphatic rings. The van der Waals surface area contributed by atoms with Crippen LogP contribution in [0.4, 0.5) is 10.6 Å². The maximum Gasteiger partial charge on any atom is 0.407 e. The number of carbonyl (C=O) groups excluding carboxylic acids is 3. The number of nitrogens with one attached hydrogen (secondary N) is 3. The zero-order chi connectivity index (χ0) is 24.0. The Balaban J connectivity index is 1.52. The van der Waals surface area contributed by atoms with Crippen LogP contribution in [0.3, 0.4) is 0 Å². The molecule has 33 heavy (non-hydrogen) atoms. The van der Waals surface area contributed by atoms with Gasteiger partial charge in [-0.3, -0.25) is 14.7 Å². The molecule has 0 saturated heterocycles. The number of anilines is 1. The monoisotopic (exact) mass is 458 g/mol. The molecule has 1 aromatic heterocycles. The number of aromatic amines is 1. The maximum atomic E-state index is 12.4. The summed E-state index contributed by atoms with van der Waals surface area (Å²) in [5, 5.41) is 22.5. The van der Waals surface area contributed by atoms with E-state index in [1.54, 1.807) is 12.1 Å². The van der Waals surface area contributed by atoms with E-state index in [9.17, 15) is 19.5 Å². The minimum Gasteiger partial charge on any atom is -0.507 e. The van der Waals surface area contributed by atoms with Crippen LogP contribution in [0.2, 0.25) is 0 Å². The molecule has 1 saturated carbocycles. The summed E-state index contributed by atoms with van der Waals surface area (Å²) in [5.41, 5.74) is 1.55. The third-order valence-electron chi connectivity index (χ3n) is 5.56. The summed E-state index contributed by atoms with van der Waals surface area (Å²) in [6.45, 7) is 3.75. The Morgan fingerprint density at radius 3 is 2.79 bits per heavy atom. The number of aromatic hydroxyl groups is 1. The molecule has 2 atom stereocenters. The summed E-state index contributed by atoms with van der Waals surface area (Å²) in [6.07, 6.45) is 2.66. The largest absolute Gasteiger partial charge is 0.507 e. The van der Waals surface area contributed by atoms with Gasteiger partial charge in [-0.1, -0.05) is 0 Å². The summed E-state index contributed by atoms with van der Waals surface area (Å²) >= 11 is 0. The number of aryl methyl sites for hydroxylation is 1. The molecule has 0 bridgehead atoms. The van der Waals surface area contributed by atoms with Crippen LogP contribution in [0, 0.1) is 0 Å². The van der Waals surface area contributed by atoms with Crippen molar-refractivity contribution in [1.82, 2.24) is 15.5 Å². The highest BCUT2D eigenvalue weighted by atomic mass is 16.6. The van der Waals surface area contributed by atoms with Crippen LogP contribution in [-0.4, -0.2) is 52.8 Å². The standard InChI is InChI=1S/C23H30N4O6/c1-13(2)24-23(31)33-16-6-4-15(9-16)19-11-21(27-26-19)25-22(30)7-5-14-8-17(32-3)10-20(29)18(14)12-28/h8,10-13,15-16,29H,4-7,9H2,1-3H3,(H,24,31)(H2,25,26,27,30)/t15-,16+/m0/s1. The van der Waals surface area contributed by atoms with Gasteiger partial charge < -0.3 is 25.2 Å². The summed E-state index contributed by atoms with van der Waals surface area (Å²) < 4.78 is 10.6. The number of alkyl carbamates (subject to hydrolysis) is 1. The number of nitrogens with zero attached hydrogens (tertiary/aromatic N) is 1. The van der Waals surface area contributed by atoms with Gasteiger partial charge in [0.1, 0.15) is 17.6 Å². The zero-order valence-corrected chi connectivity index (χ0v) is 19.0. The lowest BCUT2D eigenvalue weighted by Gasteiger charge is -2.14. The smallest absolute Gasteiger partial charge is 0.407 e. The van der Waals surface area contributed by atoms with Crippen molar-refractivity contribution in [3.05, 3.63) is 35.0 Å². The summed E-state index contributed by atoms with van der Waals surface area (Å²) in [7, 11) is 1.46. The molecule has 0 unspecified atom stereocenters. The molecule has 10 nitrogen and oxygen atoms in total. The first kappa shape index (κ1) is 24.1. The highest BCUT2D eigenvalue weighted by molar-refractivity contribution is 5.90. The first-order chi connectivity index (χ1) is 15.8. The van der Waals surface area contributed by atoms with Crippen molar-refractivity contribution >= 4 is 24.1 Å². The predicted molar refractivity (Wildman–Crippen MR) is 121 cm³/mol. The van der Waals surface area contributed by atoms with Crippen LogP contribution < -0.4 is 15.4 Å². The van der Waals surface area contributed by atoms with Crippen molar-refractivity contribution < 1.29 is 29.0 Å². The quantitative estimate of drug-likeness (QED) is 0.422. The molecule has 0 aliphatic heterocycles. The Bertz CT molecular complexity index is 1000. The van der Waals surface area contributed by atoms with Gasteiger partial charge in [0.05, 0.1) is 12.7 Å². The van der Waals surface area contributed by atoms with Crippen molar-refractivity contribution in [3.8, 4) is 11.5 Å². The lowest BCUT2D eigenvalue weighted by Crippen LogP contribution is -2.33. The normalized spacial score (nSPS) is 17.6. The van der Waals surface area contributed by atoms with Crippen molar-refractivity contribution in [2.45, 2.75) is 64.0 Å². The van der Waals surface area contributed by atoms with E-state index in [1.807, 2.05) is 13.8 Å². The fourth-order valence-electron chi connectivity index (χ4n) is 3.94. The van der Waals surface area contributed by atoms with Gasteiger partial charge in [-0.25, -0.2) is 4.79 Å². The van der Waals surface area contributed by atoms with Gasteiger partial charge in [-0.2, -0.15) is 5.10 Å². The average molecular weight is 459 g/mol. The molecule has 2 amide bonds. The number of aromatic nitrogens is 2. The van der Waals surface area contributed by atoms with Crippen LogP contribution in [0.25, 0.3) is 0 Å². The minimum absolute atomic E-state index is 0.0214. The molecule has 10 heteroatoms. The summed E-state index contributed by atoms with van der Waals surface area (Å²) in [4.78, 5) is 35.5. The lowest BCUT2D eigenvalue weighted by atomic mass is 10.0. The number of hydrogen-bond donors (Lipinski definition) is 4. The van der Waals surface area contributed by atoms with Crippen molar-refractivity contribution in [2.75, 3.05) is 12.4 Å². The molecule has 178 valence electrons. The fourth-order valence-corrected chi connectivity index (χ4v) is 3.94. The SMILES string of the molecule is COc1cc(O)c(C=O)c(CCC(=O)Nc2cc([C@H]3CC[C@@H](OC(=O)NC(C)C)C3)[nH]n2)c1. The Kier molecular flexibility index (Phi) is 7.92. The lowest BCUT2D eigenvalue weighted by molar-refractivity contribution is -0.116. The zero-order valence-electron chi connectivity index (χ0n) is 19.0. The third-order valence-corrected chi connectivity index (χ3v) is 5.56. The molecule has 3 rings (SSSR count). The number of benzene rings is 1. The molecule has 4 N–H and O–H groups in total.